The molecule has 98 valence electrons. The van der Waals surface area contributed by atoms with Crippen molar-refractivity contribution in [3.63, 3.8) is 0 Å². The van der Waals surface area contributed by atoms with Crippen LogP contribution in [0.5, 0.6) is 0 Å². The highest BCUT2D eigenvalue weighted by Gasteiger charge is 2.32. The number of hydrogen-bond acceptors (Lipinski definition) is 4. The molecule has 0 bridgehead atoms. The van der Waals surface area contributed by atoms with E-state index >= 15 is 0 Å². The first-order chi connectivity index (χ1) is 7.88. The van der Waals surface area contributed by atoms with Crippen LogP contribution in [0.2, 0.25) is 0 Å². The van der Waals surface area contributed by atoms with E-state index in [-0.39, 0.29) is 17.6 Å². The van der Waals surface area contributed by atoms with Gasteiger partial charge in [0.2, 0.25) is 0 Å². The second-order valence-corrected chi connectivity index (χ2v) is 7.14. The molecule has 0 saturated heterocycles. The minimum Gasteiger partial charge on any atom is -0.379 e. The molecule has 17 heavy (non-hydrogen) atoms. The third kappa shape index (κ3) is 4.34. The number of rotatable bonds is 5. The molecule has 0 spiro atoms. The third-order valence-electron chi connectivity index (χ3n) is 2.73. The van der Waals surface area contributed by atoms with Crippen LogP contribution in [0.25, 0.3) is 0 Å². The van der Waals surface area contributed by atoms with E-state index in [1.165, 1.54) is 4.88 Å². The van der Waals surface area contributed by atoms with Crippen molar-refractivity contribution in [1.82, 2.24) is 5.43 Å². The first kappa shape index (κ1) is 15.1. The van der Waals surface area contributed by atoms with Crippen molar-refractivity contribution in [2.75, 3.05) is 7.11 Å². The Balaban J connectivity index is 2.76. The fraction of sp³-hybridized carbons (Fsp3) is 0.667. The molecule has 0 aromatic carbocycles. The van der Waals surface area contributed by atoms with Gasteiger partial charge in [-0.3, -0.25) is 11.3 Å². The highest BCUT2D eigenvalue weighted by molar-refractivity contribution is 9.10. The van der Waals surface area contributed by atoms with E-state index in [0.717, 1.165) is 10.9 Å². The molecular weight excluding hydrogens is 300 g/mol. The number of thiophene rings is 1. The zero-order valence-electron chi connectivity index (χ0n) is 10.8. The van der Waals surface area contributed by atoms with Crippen LogP contribution in [-0.2, 0) is 11.2 Å². The molecule has 2 unspecified atom stereocenters. The molecule has 1 aromatic rings. The van der Waals surface area contributed by atoms with Gasteiger partial charge in [-0.2, -0.15) is 0 Å². The van der Waals surface area contributed by atoms with Gasteiger partial charge >= 0.3 is 0 Å². The van der Waals surface area contributed by atoms with E-state index < -0.39 is 0 Å². The summed E-state index contributed by atoms with van der Waals surface area (Å²) < 4.78 is 6.72. The van der Waals surface area contributed by atoms with Crippen molar-refractivity contribution in [2.24, 2.45) is 11.3 Å². The summed E-state index contributed by atoms with van der Waals surface area (Å²) in [7, 11) is 1.74. The first-order valence-corrected chi connectivity index (χ1v) is 7.27. The Labute approximate surface area is 116 Å². The van der Waals surface area contributed by atoms with Crippen molar-refractivity contribution in [3.05, 3.63) is 20.8 Å². The maximum Gasteiger partial charge on any atom is 0.0789 e. The summed E-state index contributed by atoms with van der Waals surface area (Å²) in [5.41, 5.74) is 2.94. The minimum atomic E-state index is 0.0558. The second kappa shape index (κ2) is 6.29. The van der Waals surface area contributed by atoms with Crippen LogP contribution >= 0.6 is 27.3 Å². The molecule has 0 aliphatic carbocycles. The topological polar surface area (TPSA) is 47.3 Å². The SMILES string of the molecule is COC(C(Cc1cc(Br)cs1)NN)C(C)(C)C. The van der Waals surface area contributed by atoms with Crippen LogP contribution in [0.4, 0.5) is 0 Å². The lowest BCUT2D eigenvalue weighted by molar-refractivity contribution is -0.0108. The highest BCUT2D eigenvalue weighted by Crippen LogP contribution is 2.28. The molecule has 1 heterocycles. The molecule has 1 aromatic heterocycles. The monoisotopic (exact) mass is 320 g/mol. The van der Waals surface area contributed by atoms with Crippen LogP contribution in [0.1, 0.15) is 25.6 Å². The third-order valence-corrected chi connectivity index (χ3v) is 4.45. The highest BCUT2D eigenvalue weighted by atomic mass is 79.9. The molecule has 0 aliphatic rings. The Morgan fingerprint density at radius 1 is 1.53 bits per heavy atom. The summed E-state index contributed by atoms with van der Waals surface area (Å²) >= 11 is 5.20. The normalized spacial score (nSPS) is 15.9. The Hall–Kier alpha value is 0.0600. The predicted molar refractivity (Wildman–Crippen MR) is 77.1 cm³/mol. The standard InChI is InChI=1S/C12H21BrN2OS/c1-12(2,3)11(16-4)10(15-14)6-9-5-8(13)7-17-9/h5,7,10-11,15H,6,14H2,1-4H3. The van der Waals surface area contributed by atoms with Crippen LogP contribution in [0.15, 0.2) is 15.9 Å². The van der Waals surface area contributed by atoms with Crippen molar-refractivity contribution >= 4 is 27.3 Å². The van der Waals surface area contributed by atoms with Gasteiger partial charge < -0.3 is 4.74 Å². The van der Waals surface area contributed by atoms with Gasteiger partial charge in [-0.15, -0.1) is 11.3 Å². The van der Waals surface area contributed by atoms with Gasteiger partial charge in [-0.25, -0.2) is 0 Å². The number of methoxy groups -OCH3 is 1. The molecule has 0 saturated carbocycles. The molecule has 0 fully saturated rings. The average molecular weight is 321 g/mol. The molecule has 3 nitrogen and oxygen atoms in total. The van der Waals surface area contributed by atoms with Gasteiger partial charge in [0, 0.05) is 28.3 Å². The maximum absolute atomic E-state index is 5.66. The van der Waals surface area contributed by atoms with E-state index in [1.54, 1.807) is 18.4 Å². The van der Waals surface area contributed by atoms with Crippen LogP contribution in [0, 0.1) is 5.41 Å². The zero-order chi connectivity index (χ0) is 13.1. The quantitative estimate of drug-likeness (QED) is 0.647. The number of hydrogen-bond donors (Lipinski definition) is 2. The van der Waals surface area contributed by atoms with E-state index in [1.807, 2.05) is 0 Å². The summed E-state index contributed by atoms with van der Waals surface area (Å²) in [4.78, 5) is 1.30. The van der Waals surface area contributed by atoms with Gasteiger partial charge in [0.1, 0.15) is 0 Å². The van der Waals surface area contributed by atoms with Gasteiger partial charge in [0.05, 0.1) is 12.1 Å². The summed E-state index contributed by atoms with van der Waals surface area (Å²) in [6.45, 7) is 6.49. The van der Waals surface area contributed by atoms with Gasteiger partial charge in [-0.05, 0) is 27.4 Å². The summed E-state index contributed by atoms with van der Waals surface area (Å²) in [5, 5.41) is 2.09. The predicted octanol–water partition coefficient (Wildman–Crippen LogP) is 2.95. The van der Waals surface area contributed by atoms with Crippen molar-refractivity contribution in [2.45, 2.75) is 39.3 Å². The number of hydrazine groups is 1. The molecule has 5 heteroatoms. The van der Waals surface area contributed by atoms with E-state index in [4.69, 9.17) is 10.6 Å². The molecule has 0 amide bonds. The number of nitrogens with one attached hydrogen (secondary N) is 1. The molecule has 1 rings (SSSR count). The van der Waals surface area contributed by atoms with Crippen molar-refractivity contribution < 1.29 is 4.74 Å². The summed E-state index contributed by atoms with van der Waals surface area (Å²) in [5.74, 6) is 5.66. The van der Waals surface area contributed by atoms with Crippen molar-refractivity contribution in [1.29, 1.82) is 0 Å². The van der Waals surface area contributed by atoms with Gasteiger partial charge in [0.15, 0.2) is 0 Å². The van der Waals surface area contributed by atoms with Gasteiger partial charge in [0.25, 0.3) is 0 Å². The zero-order valence-corrected chi connectivity index (χ0v) is 13.2. The minimum absolute atomic E-state index is 0.0558. The summed E-state index contributed by atoms with van der Waals surface area (Å²) in [6.07, 6.45) is 0.955. The van der Waals surface area contributed by atoms with Crippen molar-refractivity contribution in [3.8, 4) is 0 Å². The number of nitrogens with two attached hydrogens (primary N) is 1. The fourth-order valence-electron chi connectivity index (χ4n) is 2.05. The lowest BCUT2D eigenvalue weighted by Crippen LogP contribution is -2.51. The van der Waals surface area contributed by atoms with E-state index in [9.17, 15) is 0 Å². The van der Waals surface area contributed by atoms with Crippen LogP contribution in [-0.4, -0.2) is 19.3 Å². The first-order valence-electron chi connectivity index (χ1n) is 5.60. The van der Waals surface area contributed by atoms with Gasteiger partial charge in [-0.1, -0.05) is 20.8 Å². The Bertz CT molecular complexity index is 349. The smallest absolute Gasteiger partial charge is 0.0789 e. The molecule has 0 radical (unpaired) electrons. The lowest BCUT2D eigenvalue weighted by Gasteiger charge is -2.35. The second-order valence-electron chi connectivity index (χ2n) is 5.23. The number of ether oxygens (including phenoxy) is 1. The van der Waals surface area contributed by atoms with E-state index in [0.29, 0.717) is 0 Å². The Morgan fingerprint density at radius 2 is 2.18 bits per heavy atom. The summed E-state index contributed by atoms with van der Waals surface area (Å²) in [6, 6.07) is 2.25. The maximum atomic E-state index is 5.66. The van der Waals surface area contributed by atoms with E-state index in [2.05, 4.69) is 53.6 Å². The number of halogens is 1. The molecule has 2 atom stereocenters. The Kier molecular flexibility index (Phi) is 5.60. The molecule has 3 N–H and O–H groups in total. The molecular formula is C12H21BrN2OS. The molecule has 0 aliphatic heterocycles. The van der Waals surface area contributed by atoms with Crippen LogP contribution in [0.3, 0.4) is 0 Å². The Morgan fingerprint density at radius 3 is 2.53 bits per heavy atom. The lowest BCUT2D eigenvalue weighted by atomic mass is 9.83. The fourth-order valence-corrected chi connectivity index (χ4v) is 3.56. The van der Waals surface area contributed by atoms with Crippen LogP contribution < -0.4 is 11.3 Å². The average Bonchev–Trinajstić information content (AvgIpc) is 2.61. The largest absolute Gasteiger partial charge is 0.379 e.